The number of carboxylic acid groups (broad SMARTS) is 1. The van der Waals surface area contributed by atoms with E-state index in [1.807, 2.05) is 0 Å². The van der Waals surface area contributed by atoms with Crippen LogP contribution in [0.3, 0.4) is 0 Å². The zero-order chi connectivity index (χ0) is 12.2. The smallest absolute Gasteiger partial charge is 0.340 e. The number of carboxylic acids is 1. The molecule has 4 aliphatic carbocycles. The summed E-state index contributed by atoms with van der Waals surface area (Å²) in [6.45, 7) is 0. The summed E-state index contributed by atoms with van der Waals surface area (Å²) in [6.07, 6.45) is 4.22. The number of hydrogen-bond donors (Lipinski definition) is 2. The van der Waals surface area contributed by atoms with Gasteiger partial charge in [0.1, 0.15) is 0 Å². The predicted octanol–water partition coefficient (Wildman–Crippen LogP) is 1.22. The average molecular weight is 238 g/mol. The van der Waals surface area contributed by atoms with E-state index in [-0.39, 0.29) is 0 Å². The highest BCUT2D eigenvalue weighted by molar-refractivity contribution is 6.04. The van der Waals surface area contributed by atoms with Gasteiger partial charge < -0.3 is 10.2 Å². The first-order valence-electron chi connectivity index (χ1n) is 6.45. The van der Waals surface area contributed by atoms with E-state index in [1.165, 1.54) is 19.3 Å². The molecular weight excluding hydrogens is 220 g/mol. The molecule has 0 saturated heterocycles. The summed E-state index contributed by atoms with van der Waals surface area (Å²) in [5.74, 6) is -0.0570. The van der Waals surface area contributed by atoms with Crippen LogP contribution in [0.2, 0.25) is 0 Å². The standard InChI is InChI=1S/C13H18O4/c14-10(12(16)17)11(15)13-4-7-1-8(5-13)3-9(2-7)6-13/h7-10,14H,1-6H2,(H,16,17). The monoisotopic (exact) mass is 238 g/mol. The maximum Gasteiger partial charge on any atom is 0.340 e. The maximum atomic E-state index is 12.2. The van der Waals surface area contributed by atoms with Crippen molar-refractivity contribution in [2.24, 2.45) is 23.2 Å². The summed E-state index contributed by atoms with van der Waals surface area (Å²) in [5, 5.41) is 18.3. The van der Waals surface area contributed by atoms with Gasteiger partial charge in [-0.3, -0.25) is 4.79 Å². The first kappa shape index (κ1) is 11.2. The Hall–Kier alpha value is -0.900. The van der Waals surface area contributed by atoms with Crippen molar-refractivity contribution in [1.29, 1.82) is 0 Å². The number of Topliss-reactive ketones (excluding diaryl/α,β-unsaturated/α-hetero) is 1. The van der Waals surface area contributed by atoms with Crippen LogP contribution in [0.4, 0.5) is 0 Å². The van der Waals surface area contributed by atoms with E-state index in [2.05, 4.69) is 0 Å². The van der Waals surface area contributed by atoms with Crippen molar-refractivity contribution in [1.82, 2.24) is 0 Å². The zero-order valence-electron chi connectivity index (χ0n) is 9.76. The number of aliphatic hydroxyl groups is 1. The summed E-state index contributed by atoms with van der Waals surface area (Å²) in [5.41, 5.74) is -0.507. The van der Waals surface area contributed by atoms with Gasteiger partial charge in [-0.05, 0) is 56.3 Å². The van der Waals surface area contributed by atoms with Gasteiger partial charge in [0.15, 0.2) is 5.78 Å². The van der Waals surface area contributed by atoms with E-state index in [0.717, 1.165) is 19.3 Å². The summed E-state index contributed by atoms with van der Waals surface area (Å²) in [4.78, 5) is 23.0. The third-order valence-electron chi connectivity index (χ3n) is 5.04. The van der Waals surface area contributed by atoms with Gasteiger partial charge in [-0.1, -0.05) is 0 Å². The van der Waals surface area contributed by atoms with Crippen LogP contribution in [-0.4, -0.2) is 28.1 Å². The predicted molar refractivity (Wildman–Crippen MR) is 59.3 cm³/mol. The van der Waals surface area contributed by atoms with Crippen molar-refractivity contribution in [3.63, 3.8) is 0 Å². The number of hydrogen-bond acceptors (Lipinski definition) is 3. The molecule has 94 valence electrons. The molecule has 0 aromatic carbocycles. The lowest BCUT2D eigenvalue weighted by molar-refractivity contribution is -0.164. The van der Waals surface area contributed by atoms with Crippen LogP contribution < -0.4 is 0 Å². The Kier molecular flexibility index (Phi) is 2.34. The van der Waals surface area contributed by atoms with E-state index in [1.54, 1.807) is 0 Å². The minimum Gasteiger partial charge on any atom is -0.479 e. The van der Waals surface area contributed by atoms with Gasteiger partial charge in [-0.25, -0.2) is 4.79 Å². The van der Waals surface area contributed by atoms with Gasteiger partial charge in [-0.2, -0.15) is 0 Å². The lowest BCUT2D eigenvalue weighted by atomic mass is 9.48. The minimum atomic E-state index is -1.81. The number of ketones is 1. The molecule has 2 N–H and O–H groups in total. The van der Waals surface area contributed by atoms with E-state index in [9.17, 15) is 14.7 Å². The van der Waals surface area contributed by atoms with Crippen molar-refractivity contribution in [2.45, 2.75) is 44.6 Å². The average Bonchev–Trinajstić information content (AvgIpc) is 2.25. The second-order valence-corrected chi connectivity index (χ2v) is 6.30. The van der Waals surface area contributed by atoms with Gasteiger partial charge >= 0.3 is 5.97 Å². The molecular formula is C13H18O4. The highest BCUT2D eigenvalue weighted by atomic mass is 16.4. The molecule has 0 spiro atoms. The molecule has 0 aliphatic heterocycles. The number of rotatable bonds is 3. The summed E-state index contributed by atoms with van der Waals surface area (Å²) < 4.78 is 0. The molecule has 0 radical (unpaired) electrons. The molecule has 0 amide bonds. The molecule has 4 fully saturated rings. The number of carbonyl (C=O) groups excluding carboxylic acids is 1. The first-order chi connectivity index (χ1) is 8.00. The van der Waals surface area contributed by atoms with E-state index >= 15 is 0 Å². The Morgan fingerprint density at radius 1 is 1.00 bits per heavy atom. The van der Waals surface area contributed by atoms with Gasteiger partial charge in [-0.15, -0.1) is 0 Å². The van der Waals surface area contributed by atoms with Gasteiger partial charge in [0.2, 0.25) is 6.10 Å². The van der Waals surface area contributed by atoms with Crippen molar-refractivity contribution < 1.29 is 19.8 Å². The van der Waals surface area contributed by atoms with Crippen LogP contribution in [0.5, 0.6) is 0 Å². The van der Waals surface area contributed by atoms with Crippen LogP contribution in [0.15, 0.2) is 0 Å². The Morgan fingerprint density at radius 2 is 1.41 bits per heavy atom. The Labute approximate surface area is 100 Å². The Morgan fingerprint density at radius 3 is 1.76 bits per heavy atom. The van der Waals surface area contributed by atoms with Crippen LogP contribution in [0, 0.1) is 23.2 Å². The molecule has 4 heteroatoms. The topological polar surface area (TPSA) is 74.6 Å². The van der Waals surface area contributed by atoms with Crippen LogP contribution in [-0.2, 0) is 9.59 Å². The quantitative estimate of drug-likeness (QED) is 0.725. The lowest BCUT2D eigenvalue weighted by Gasteiger charge is -2.56. The van der Waals surface area contributed by atoms with Crippen LogP contribution in [0.1, 0.15) is 38.5 Å². The van der Waals surface area contributed by atoms with E-state index in [0.29, 0.717) is 17.8 Å². The highest BCUT2D eigenvalue weighted by Gasteiger charge is 2.56. The molecule has 17 heavy (non-hydrogen) atoms. The molecule has 4 saturated carbocycles. The molecule has 4 bridgehead atoms. The molecule has 0 aromatic heterocycles. The van der Waals surface area contributed by atoms with Crippen LogP contribution in [0.25, 0.3) is 0 Å². The first-order valence-corrected chi connectivity index (χ1v) is 6.45. The highest BCUT2D eigenvalue weighted by Crippen LogP contribution is 2.60. The Balaban J connectivity index is 1.86. The van der Waals surface area contributed by atoms with Crippen molar-refractivity contribution in [2.75, 3.05) is 0 Å². The fourth-order valence-corrected chi connectivity index (χ4v) is 4.81. The van der Waals surface area contributed by atoms with E-state index < -0.39 is 23.3 Å². The largest absolute Gasteiger partial charge is 0.479 e. The van der Waals surface area contributed by atoms with Crippen molar-refractivity contribution in [3.8, 4) is 0 Å². The zero-order valence-corrected chi connectivity index (χ0v) is 9.76. The van der Waals surface area contributed by atoms with Crippen molar-refractivity contribution >= 4 is 11.8 Å². The molecule has 1 unspecified atom stereocenters. The summed E-state index contributed by atoms with van der Waals surface area (Å²) in [6, 6.07) is 0. The number of aliphatic hydroxyl groups excluding tert-OH is 1. The second-order valence-electron chi connectivity index (χ2n) is 6.30. The molecule has 1 atom stereocenters. The Bertz CT molecular complexity index is 338. The normalized spacial score (nSPS) is 44.6. The fourth-order valence-electron chi connectivity index (χ4n) is 4.81. The summed E-state index contributed by atoms with van der Waals surface area (Å²) >= 11 is 0. The molecule has 4 rings (SSSR count). The van der Waals surface area contributed by atoms with Crippen LogP contribution >= 0.6 is 0 Å². The molecule has 0 heterocycles. The van der Waals surface area contributed by atoms with Gasteiger partial charge in [0, 0.05) is 5.41 Å². The van der Waals surface area contributed by atoms with E-state index in [4.69, 9.17) is 5.11 Å². The fraction of sp³-hybridized carbons (Fsp3) is 0.846. The van der Waals surface area contributed by atoms with Gasteiger partial charge in [0.05, 0.1) is 0 Å². The number of aliphatic carboxylic acids is 1. The maximum absolute atomic E-state index is 12.2. The lowest BCUT2D eigenvalue weighted by Crippen LogP contribution is -2.53. The molecule has 0 aromatic rings. The third kappa shape index (κ3) is 1.61. The molecule has 4 nitrogen and oxygen atoms in total. The third-order valence-corrected chi connectivity index (χ3v) is 5.04. The van der Waals surface area contributed by atoms with Gasteiger partial charge in [0.25, 0.3) is 0 Å². The summed E-state index contributed by atoms with van der Waals surface area (Å²) in [7, 11) is 0. The molecule has 4 aliphatic rings. The minimum absolute atomic E-state index is 0.427. The van der Waals surface area contributed by atoms with Crippen molar-refractivity contribution in [3.05, 3.63) is 0 Å². The second kappa shape index (κ2) is 3.55. The SMILES string of the molecule is O=C(O)C(O)C(=O)C12CC3CC(CC(C3)C1)C2. The number of carbonyl (C=O) groups is 2.